The predicted molar refractivity (Wildman–Crippen MR) is 207 cm³/mol. The molecule has 8 nitrogen and oxygen atoms in total. The number of benzene rings is 5. The van der Waals surface area contributed by atoms with Crippen molar-refractivity contribution in [1.82, 2.24) is 14.9 Å². The van der Waals surface area contributed by atoms with Gasteiger partial charge in [-0.1, -0.05) is 121 Å². The molecule has 52 heavy (non-hydrogen) atoms. The van der Waals surface area contributed by atoms with Crippen molar-refractivity contribution in [3.05, 3.63) is 178 Å². The summed E-state index contributed by atoms with van der Waals surface area (Å²) in [6.07, 6.45) is 2.10. The number of hydrogen-bond donors (Lipinski definition) is 2. The SMILES string of the molecule is O=C1NC(=O)/C(=C\c2ccc(S(=O)(=O)NC[C@@H]3C[C@H](SC(c4ccccc4)(c4ccccc4)c4ccccc4)CN3C(=O)c3ccccc3)cc2)S1. The van der Waals surface area contributed by atoms with E-state index in [0.717, 1.165) is 28.5 Å². The van der Waals surface area contributed by atoms with E-state index in [2.05, 4.69) is 46.4 Å². The van der Waals surface area contributed by atoms with Crippen LogP contribution in [0.4, 0.5) is 4.79 Å². The molecule has 2 heterocycles. The van der Waals surface area contributed by atoms with Gasteiger partial charge in [0.2, 0.25) is 10.0 Å². The molecule has 11 heteroatoms. The third-order valence-electron chi connectivity index (χ3n) is 9.18. The van der Waals surface area contributed by atoms with Gasteiger partial charge in [-0.15, -0.1) is 11.8 Å². The first kappa shape index (κ1) is 35.5. The molecule has 5 aromatic rings. The van der Waals surface area contributed by atoms with Gasteiger partial charge in [-0.25, -0.2) is 13.1 Å². The molecule has 0 unspecified atom stereocenters. The minimum absolute atomic E-state index is 0.0255. The van der Waals surface area contributed by atoms with Gasteiger partial charge in [0.25, 0.3) is 17.1 Å². The quantitative estimate of drug-likeness (QED) is 0.108. The van der Waals surface area contributed by atoms with Crippen LogP contribution in [-0.2, 0) is 19.6 Å². The first-order valence-electron chi connectivity index (χ1n) is 16.8. The summed E-state index contributed by atoms with van der Waals surface area (Å²) in [5.74, 6) is -0.633. The molecular weight excluding hydrogens is 711 g/mol. The number of imide groups is 1. The Morgan fingerprint density at radius 2 is 1.31 bits per heavy atom. The second-order valence-corrected chi connectivity index (χ2v) is 16.8. The average molecular weight is 746 g/mol. The van der Waals surface area contributed by atoms with Gasteiger partial charge >= 0.3 is 0 Å². The lowest BCUT2D eigenvalue weighted by atomic mass is 9.84. The van der Waals surface area contributed by atoms with Crippen LogP contribution in [0, 0.1) is 0 Å². The van der Waals surface area contributed by atoms with Gasteiger partial charge < -0.3 is 4.90 Å². The van der Waals surface area contributed by atoms with Crippen LogP contribution < -0.4 is 10.0 Å². The van der Waals surface area contributed by atoms with E-state index >= 15 is 0 Å². The Morgan fingerprint density at radius 1 is 0.788 bits per heavy atom. The standard InChI is InChI=1S/C41H35N3O5S3/c45-38-37(50-40(47)43-38)25-29-21-23-36(24-22-29)52(48,49)42-27-34-26-35(28-44(34)39(46)30-13-5-1-6-14-30)51-41(31-15-7-2-8-16-31,32-17-9-3-10-18-32)33-19-11-4-12-20-33/h1-25,34-35,42H,26-28H2,(H,43,45,47)/b37-25+/t34-,35-/m0/s1. The zero-order chi connectivity index (χ0) is 36.1. The summed E-state index contributed by atoms with van der Waals surface area (Å²) < 4.78 is 29.4. The maximum atomic E-state index is 14.1. The topological polar surface area (TPSA) is 113 Å². The Labute approximate surface area is 311 Å². The van der Waals surface area contributed by atoms with E-state index in [4.69, 9.17) is 0 Å². The molecule has 2 N–H and O–H groups in total. The predicted octanol–water partition coefficient (Wildman–Crippen LogP) is 7.30. The maximum Gasteiger partial charge on any atom is 0.290 e. The van der Waals surface area contributed by atoms with Crippen LogP contribution in [0.2, 0.25) is 0 Å². The van der Waals surface area contributed by atoms with Crippen LogP contribution in [0.15, 0.2) is 155 Å². The van der Waals surface area contributed by atoms with E-state index in [9.17, 15) is 22.8 Å². The molecule has 7 rings (SSSR count). The molecule has 2 aliphatic heterocycles. The second-order valence-electron chi connectivity index (χ2n) is 12.5. The Morgan fingerprint density at radius 3 is 1.81 bits per heavy atom. The zero-order valence-corrected chi connectivity index (χ0v) is 30.4. The highest BCUT2D eigenvalue weighted by Crippen LogP contribution is 2.52. The highest BCUT2D eigenvalue weighted by atomic mass is 32.2. The average Bonchev–Trinajstić information content (AvgIpc) is 3.74. The molecule has 0 radical (unpaired) electrons. The number of thioether (sulfide) groups is 2. The number of carbonyl (C=O) groups excluding carboxylic acids is 3. The Hall–Kier alpha value is -4.94. The summed E-state index contributed by atoms with van der Waals surface area (Å²) in [7, 11) is -3.96. The molecular formula is C41H35N3O5S3. The van der Waals surface area contributed by atoms with Crippen LogP contribution in [0.25, 0.3) is 6.08 Å². The lowest BCUT2D eigenvalue weighted by Gasteiger charge is -2.37. The van der Waals surface area contributed by atoms with E-state index in [-0.39, 0.29) is 27.5 Å². The Kier molecular flexibility index (Phi) is 10.5. The lowest BCUT2D eigenvalue weighted by Crippen LogP contribution is -2.43. The summed E-state index contributed by atoms with van der Waals surface area (Å²) in [4.78, 5) is 39.7. The number of rotatable bonds is 11. The number of sulfonamides is 1. The monoisotopic (exact) mass is 745 g/mol. The van der Waals surface area contributed by atoms with Gasteiger partial charge in [0.1, 0.15) is 0 Å². The van der Waals surface area contributed by atoms with Crippen molar-refractivity contribution in [3.63, 3.8) is 0 Å². The summed E-state index contributed by atoms with van der Waals surface area (Å²) in [5.41, 5.74) is 4.46. The van der Waals surface area contributed by atoms with Crippen LogP contribution in [-0.4, -0.2) is 54.8 Å². The number of nitrogens with one attached hydrogen (secondary N) is 2. The van der Waals surface area contributed by atoms with Gasteiger partial charge in [-0.05, 0) is 70.8 Å². The number of likely N-dealkylation sites (tertiary alicyclic amines) is 1. The molecule has 0 spiro atoms. The van der Waals surface area contributed by atoms with Gasteiger partial charge in [0.15, 0.2) is 0 Å². The van der Waals surface area contributed by atoms with Crippen molar-refractivity contribution in [2.75, 3.05) is 13.1 Å². The minimum atomic E-state index is -3.96. The summed E-state index contributed by atoms with van der Waals surface area (Å²) in [6.45, 7) is 0.453. The Balaban J connectivity index is 1.18. The Bertz CT molecular complexity index is 2100. The van der Waals surface area contributed by atoms with Crippen molar-refractivity contribution in [3.8, 4) is 0 Å². The number of amides is 3. The van der Waals surface area contributed by atoms with Gasteiger partial charge in [-0.3, -0.25) is 19.7 Å². The van der Waals surface area contributed by atoms with Crippen LogP contribution in [0.3, 0.4) is 0 Å². The molecule has 3 amide bonds. The third-order valence-corrected chi connectivity index (χ3v) is 13.2. The van der Waals surface area contributed by atoms with Crippen molar-refractivity contribution in [1.29, 1.82) is 0 Å². The van der Waals surface area contributed by atoms with Crippen molar-refractivity contribution in [2.24, 2.45) is 0 Å². The molecule has 0 aliphatic carbocycles. The molecule has 2 aliphatic rings. The van der Waals surface area contributed by atoms with Gasteiger partial charge in [0.05, 0.1) is 14.5 Å². The highest BCUT2D eigenvalue weighted by Gasteiger charge is 2.44. The summed E-state index contributed by atoms with van der Waals surface area (Å²) in [6, 6.07) is 45.9. The fourth-order valence-electron chi connectivity index (χ4n) is 6.73. The molecule has 0 bridgehead atoms. The lowest BCUT2D eigenvalue weighted by molar-refractivity contribution is -0.115. The zero-order valence-electron chi connectivity index (χ0n) is 27.9. The van der Waals surface area contributed by atoms with Gasteiger partial charge in [0, 0.05) is 29.9 Å². The van der Waals surface area contributed by atoms with E-state index in [1.54, 1.807) is 42.1 Å². The molecule has 2 saturated heterocycles. The third kappa shape index (κ3) is 7.49. The molecule has 0 aromatic heterocycles. The van der Waals surface area contributed by atoms with Crippen LogP contribution in [0.5, 0.6) is 0 Å². The second kappa shape index (κ2) is 15.3. The minimum Gasteiger partial charge on any atom is -0.333 e. The first-order valence-corrected chi connectivity index (χ1v) is 20.0. The smallest absolute Gasteiger partial charge is 0.290 e. The number of carbonyl (C=O) groups is 3. The normalized spacial score (nSPS) is 18.5. The molecule has 0 saturated carbocycles. The van der Waals surface area contributed by atoms with Crippen molar-refractivity contribution >= 4 is 56.7 Å². The van der Waals surface area contributed by atoms with E-state index in [0.29, 0.717) is 24.1 Å². The van der Waals surface area contributed by atoms with Crippen molar-refractivity contribution in [2.45, 2.75) is 27.4 Å². The highest BCUT2D eigenvalue weighted by molar-refractivity contribution is 8.18. The molecule has 2 fully saturated rings. The largest absolute Gasteiger partial charge is 0.333 e. The fourth-order valence-corrected chi connectivity index (χ4v) is 10.4. The van der Waals surface area contributed by atoms with E-state index in [1.807, 2.05) is 77.7 Å². The fraction of sp³-hybridized carbons (Fsp3) is 0.146. The van der Waals surface area contributed by atoms with Crippen LogP contribution >= 0.6 is 23.5 Å². The number of hydrogen-bond acceptors (Lipinski definition) is 7. The van der Waals surface area contributed by atoms with E-state index in [1.165, 1.54) is 12.1 Å². The van der Waals surface area contributed by atoms with Gasteiger partial charge in [-0.2, -0.15) is 0 Å². The molecule has 262 valence electrons. The maximum absolute atomic E-state index is 14.1. The van der Waals surface area contributed by atoms with Crippen molar-refractivity contribution < 1.29 is 22.8 Å². The first-order chi connectivity index (χ1) is 25.2. The summed E-state index contributed by atoms with van der Waals surface area (Å²) in [5, 5.41) is 1.71. The molecule has 5 aromatic carbocycles. The number of nitrogens with zero attached hydrogens (tertiary/aromatic N) is 1. The van der Waals surface area contributed by atoms with Crippen LogP contribution in [0.1, 0.15) is 39.0 Å². The molecule has 2 atom stereocenters. The summed E-state index contributed by atoms with van der Waals surface area (Å²) >= 11 is 2.59. The van der Waals surface area contributed by atoms with E-state index < -0.39 is 32.0 Å².